The molecule has 2 saturated heterocycles. The van der Waals surface area contributed by atoms with Crippen molar-refractivity contribution in [3.05, 3.63) is 46.5 Å². The summed E-state index contributed by atoms with van der Waals surface area (Å²) in [5, 5.41) is 14.4. The summed E-state index contributed by atoms with van der Waals surface area (Å²) in [5.74, 6) is -1.56. The largest absolute Gasteiger partial charge is 0.495 e. The van der Waals surface area contributed by atoms with Gasteiger partial charge in [0, 0.05) is 39.0 Å². The summed E-state index contributed by atoms with van der Waals surface area (Å²) in [6.07, 6.45) is 0.973. The van der Waals surface area contributed by atoms with Crippen LogP contribution in [0.25, 0.3) is 0 Å². The Morgan fingerprint density at radius 1 is 1.22 bits per heavy atom. The second-order valence-electron chi connectivity index (χ2n) is 15.1. The molecule has 0 aliphatic carbocycles. The highest BCUT2D eigenvalue weighted by Crippen LogP contribution is 2.49. The fourth-order valence-electron chi connectivity index (χ4n) is 6.71. The zero-order valence-electron chi connectivity index (χ0n) is 31.4. The molecule has 51 heavy (non-hydrogen) atoms. The van der Waals surface area contributed by atoms with Gasteiger partial charge in [0.2, 0.25) is 11.8 Å². The number of aliphatic hydroxyl groups is 1. The van der Waals surface area contributed by atoms with Gasteiger partial charge in [0.25, 0.3) is 0 Å². The zero-order valence-corrected chi connectivity index (χ0v) is 32.1. The van der Waals surface area contributed by atoms with Crippen molar-refractivity contribution >= 4 is 41.2 Å². The maximum Gasteiger partial charge on any atom is 0.409 e. The maximum atomic E-state index is 14.1. The molecule has 0 spiro atoms. The van der Waals surface area contributed by atoms with Gasteiger partial charge in [-0.3, -0.25) is 14.9 Å². The van der Waals surface area contributed by atoms with E-state index in [4.69, 9.17) is 35.3 Å². The Hall–Kier alpha value is -3.65. The van der Waals surface area contributed by atoms with Crippen LogP contribution in [-0.4, -0.2) is 104 Å². The number of carbonyl (C=O) groups is 4. The van der Waals surface area contributed by atoms with Crippen LogP contribution in [-0.2, 0) is 39.8 Å². The van der Waals surface area contributed by atoms with Gasteiger partial charge in [-0.05, 0) is 44.9 Å². The van der Waals surface area contributed by atoms with E-state index >= 15 is 0 Å². The minimum atomic E-state index is -1.82. The Labute approximate surface area is 305 Å². The van der Waals surface area contributed by atoms with Gasteiger partial charge in [0.15, 0.2) is 5.72 Å². The molecule has 3 aliphatic heterocycles. The normalized spacial score (nSPS) is 32.3. The van der Waals surface area contributed by atoms with Crippen LogP contribution in [0.2, 0.25) is 5.02 Å². The summed E-state index contributed by atoms with van der Waals surface area (Å²) in [4.78, 5) is 56.3. The average Bonchev–Trinajstić information content (AvgIpc) is 3.75. The van der Waals surface area contributed by atoms with Crippen LogP contribution in [0.15, 0.2) is 35.9 Å². The summed E-state index contributed by atoms with van der Waals surface area (Å²) in [5.41, 5.74) is -1.64. The number of alkyl carbamates (subject to hydrolysis) is 1. The first kappa shape index (κ1) is 40.1. The Bertz CT molecular complexity index is 1590. The van der Waals surface area contributed by atoms with Crippen LogP contribution in [0.5, 0.6) is 5.75 Å². The van der Waals surface area contributed by atoms with Gasteiger partial charge in [0.05, 0.1) is 25.3 Å². The van der Waals surface area contributed by atoms with Crippen LogP contribution in [0.3, 0.4) is 0 Å². The SMILES string of the molecule is COc1cc2cc(c1Cl)N(C)C(=O)C[C@@H](OC(=O)[C@@H](C)N(C)C(=O)C(C)(C)C)C1(C)O[C@H]1[C@@H](C)[C@H]1C[C@](O)(NC(=O)O1)[C@@H](OC)/C=C/C=C(\C)C2. The lowest BCUT2D eigenvalue weighted by Gasteiger charge is -2.42. The number of allylic oxidation sites excluding steroid dienone is 3. The quantitative estimate of drug-likeness (QED) is 0.325. The molecule has 3 aliphatic rings. The van der Waals surface area contributed by atoms with Crippen molar-refractivity contribution in [1.82, 2.24) is 10.2 Å². The van der Waals surface area contributed by atoms with Gasteiger partial charge in [-0.15, -0.1) is 0 Å². The monoisotopic (exact) mass is 733 g/mol. The fourth-order valence-corrected chi connectivity index (χ4v) is 7.02. The predicted molar refractivity (Wildman–Crippen MR) is 190 cm³/mol. The van der Waals surface area contributed by atoms with Gasteiger partial charge in [0.1, 0.15) is 40.7 Å². The number of nitrogens with zero attached hydrogens (tertiary/aromatic N) is 2. The van der Waals surface area contributed by atoms with Crippen LogP contribution in [0.4, 0.5) is 10.5 Å². The summed E-state index contributed by atoms with van der Waals surface area (Å²) in [7, 11) is 6.03. The molecule has 8 atom stereocenters. The minimum Gasteiger partial charge on any atom is -0.495 e. The second kappa shape index (κ2) is 15.1. The lowest BCUT2D eigenvalue weighted by Crippen LogP contribution is -2.63. The number of benzene rings is 1. The maximum absolute atomic E-state index is 14.1. The van der Waals surface area contributed by atoms with Gasteiger partial charge in [-0.2, -0.15) is 0 Å². The number of methoxy groups -OCH3 is 2. The Morgan fingerprint density at radius 2 is 1.88 bits per heavy atom. The molecule has 1 aromatic rings. The van der Waals surface area contributed by atoms with E-state index in [-0.39, 0.29) is 23.8 Å². The fraction of sp³-hybridized carbons (Fsp3) is 0.622. The molecule has 13 nitrogen and oxygen atoms in total. The van der Waals surface area contributed by atoms with Crippen molar-refractivity contribution in [3.8, 4) is 5.75 Å². The van der Waals surface area contributed by atoms with Crippen molar-refractivity contribution in [2.24, 2.45) is 11.3 Å². The number of hydrogen-bond acceptors (Lipinski definition) is 10. The molecule has 0 aromatic heterocycles. The third-order valence-electron chi connectivity index (χ3n) is 10.1. The molecular weight excluding hydrogens is 682 g/mol. The summed E-state index contributed by atoms with van der Waals surface area (Å²) < 4.78 is 29.2. The zero-order chi connectivity index (χ0) is 38.2. The number of amides is 3. The van der Waals surface area contributed by atoms with Gasteiger partial charge >= 0.3 is 12.1 Å². The summed E-state index contributed by atoms with van der Waals surface area (Å²) >= 11 is 6.75. The first-order valence-electron chi connectivity index (χ1n) is 17.0. The average molecular weight is 734 g/mol. The predicted octanol–water partition coefficient (Wildman–Crippen LogP) is 4.56. The Kier molecular flexibility index (Phi) is 11.9. The van der Waals surface area contributed by atoms with Crippen molar-refractivity contribution in [2.45, 2.75) is 110 Å². The number of anilines is 1. The van der Waals surface area contributed by atoms with E-state index in [1.807, 2.05) is 13.0 Å². The highest BCUT2D eigenvalue weighted by atomic mass is 35.5. The molecule has 3 heterocycles. The number of likely N-dealkylation sites (N-methyl/N-ethyl adjacent to an activating group) is 1. The third-order valence-corrected chi connectivity index (χ3v) is 10.5. The molecule has 0 saturated carbocycles. The van der Waals surface area contributed by atoms with Crippen molar-refractivity contribution < 1.29 is 48.0 Å². The molecule has 1 unspecified atom stereocenters. The summed E-state index contributed by atoms with van der Waals surface area (Å²) in [6, 6.07) is 2.61. The number of esters is 1. The van der Waals surface area contributed by atoms with E-state index in [1.54, 1.807) is 72.9 Å². The van der Waals surface area contributed by atoms with E-state index in [0.29, 0.717) is 17.9 Å². The Balaban J connectivity index is 1.78. The number of nitrogens with one attached hydrogen (secondary N) is 1. The van der Waals surface area contributed by atoms with Crippen LogP contribution < -0.4 is 15.0 Å². The van der Waals surface area contributed by atoms with E-state index in [9.17, 15) is 24.3 Å². The van der Waals surface area contributed by atoms with E-state index in [2.05, 4.69) is 5.32 Å². The molecule has 3 amide bonds. The molecule has 2 fully saturated rings. The smallest absolute Gasteiger partial charge is 0.409 e. The number of epoxide rings is 1. The van der Waals surface area contributed by atoms with Crippen molar-refractivity contribution in [3.63, 3.8) is 0 Å². The molecule has 0 radical (unpaired) electrons. The molecule has 282 valence electrons. The number of fused-ring (bicyclic) bond motifs is 5. The molecule has 4 rings (SSSR count). The summed E-state index contributed by atoms with van der Waals surface area (Å²) in [6.45, 7) is 12.3. The molecule has 1 aromatic carbocycles. The van der Waals surface area contributed by atoms with Crippen LogP contribution >= 0.6 is 11.6 Å². The van der Waals surface area contributed by atoms with E-state index < -0.39 is 71.1 Å². The topological polar surface area (TPSA) is 156 Å². The number of carbonyl (C=O) groups excluding carboxylic acids is 4. The highest BCUT2D eigenvalue weighted by Gasteiger charge is 2.64. The van der Waals surface area contributed by atoms with E-state index in [1.165, 1.54) is 31.1 Å². The van der Waals surface area contributed by atoms with E-state index in [0.717, 1.165) is 11.1 Å². The van der Waals surface area contributed by atoms with Crippen molar-refractivity contribution in [1.29, 1.82) is 0 Å². The van der Waals surface area contributed by atoms with Crippen LogP contribution in [0.1, 0.15) is 66.9 Å². The Morgan fingerprint density at radius 3 is 2.49 bits per heavy atom. The van der Waals surface area contributed by atoms with Crippen LogP contribution in [0, 0.1) is 11.3 Å². The lowest BCUT2D eigenvalue weighted by atomic mass is 9.83. The number of ether oxygens (including phenoxy) is 5. The first-order valence-corrected chi connectivity index (χ1v) is 17.4. The second-order valence-corrected chi connectivity index (χ2v) is 15.4. The first-order chi connectivity index (χ1) is 23.7. The minimum absolute atomic E-state index is 0.0472. The lowest BCUT2D eigenvalue weighted by molar-refractivity contribution is -0.163. The van der Waals surface area contributed by atoms with Gasteiger partial charge < -0.3 is 38.6 Å². The van der Waals surface area contributed by atoms with Crippen molar-refractivity contribution in [2.75, 3.05) is 33.2 Å². The molecule has 2 N–H and O–H groups in total. The number of rotatable bonds is 5. The molecular formula is C37H52ClN3O10. The van der Waals surface area contributed by atoms with Gasteiger partial charge in [-0.25, -0.2) is 9.59 Å². The molecule has 14 heteroatoms. The molecule has 4 bridgehead atoms. The highest BCUT2D eigenvalue weighted by molar-refractivity contribution is 6.35. The number of halogens is 1. The third kappa shape index (κ3) is 8.54. The van der Waals surface area contributed by atoms with Gasteiger partial charge in [-0.1, -0.05) is 63.1 Å². The number of hydrogen-bond donors (Lipinski definition) is 2. The standard InChI is InChI=1S/C37H52ClN3O10/c1-20-13-12-14-27(48-11)37(46)19-26(49-34(45)39-37)21(2)31-36(7,51-31)28(50-32(43)22(3)40(8)33(44)35(4,5)6)18-29(42)41(9)24-16-23(15-20)17-25(47-10)30(24)38/h12-14,16-17,21-22,26-28,31,46H,15,18-19H2,1-11H3,(H,39,45)/b14-12+,20-13+/t21-,22+,26+,27-,28+,31-,36?,37+/m0/s1.